The number of hydrogen-bond acceptors (Lipinski definition) is 2. The molecule has 2 heteroatoms. The van der Waals surface area contributed by atoms with Crippen LogP contribution in [-0.4, -0.2) is 13.1 Å². The van der Waals surface area contributed by atoms with E-state index in [4.69, 9.17) is 0 Å². The molecule has 0 saturated heterocycles. The van der Waals surface area contributed by atoms with Crippen LogP contribution >= 0.6 is 11.3 Å². The topological polar surface area (TPSA) is 12.0 Å². The number of rotatable bonds is 7. The lowest BCUT2D eigenvalue weighted by Gasteiger charge is -2.24. The van der Waals surface area contributed by atoms with Gasteiger partial charge in [-0.05, 0) is 49.2 Å². The lowest BCUT2D eigenvalue weighted by molar-refractivity contribution is 0.328. The van der Waals surface area contributed by atoms with Crippen molar-refractivity contribution >= 4 is 11.3 Å². The van der Waals surface area contributed by atoms with E-state index in [2.05, 4.69) is 43.6 Å². The van der Waals surface area contributed by atoms with Crippen molar-refractivity contribution in [3.8, 4) is 0 Å². The highest BCUT2D eigenvalue weighted by atomic mass is 32.1. The van der Waals surface area contributed by atoms with Gasteiger partial charge in [0, 0.05) is 4.88 Å². The van der Waals surface area contributed by atoms with Crippen molar-refractivity contribution in [1.29, 1.82) is 0 Å². The van der Waals surface area contributed by atoms with Gasteiger partial charge in [0.1, 0.15) is 0 Å². The first kappa shape index (κ1) is 12.7. The van der Waals surface area contributed by atoms with Crippen LogP contribution in [0, 0.1) is 5.41 Å². The molecule has 1 nitrogen and oxygen atoms in total. The minimum Gasteiger partial charge on any atom is -0.317 e. The molecule has 15 heavy (non-hydrogen) atoms. The van der Waals surface area contributed by atoms with Crippen molar-refractivity contribution in [3.63, 3.8) is 0 Å². The normalized spacial score (nSPS) is 11.9. The van der Waals surface area contributed by atoms with Crippen LogP contribution < -0.4 is 5.32 Å². The van der Waals surface area contributed by atoms with Crippen LogP contribution in [0.3, 0.4) is 0 Å². The van der Waals surface area contributed by atoms with Gasteiger partial charge >= 0.3 is 0 Å². The SMILES string of the molecule is CCCNCCC(C)(C)Cc1cccs1. The summed E-state index contributed by atoms with van der Waals surface area (Å²) in [6.45, 7) is 9.23. The molecule has 0 unspecified atom stereocenters. The molecule has 0 aliphatic heterocycles. The molecule has 1 rings (SSSR count). The molecule has 0 amide bonds. The molecule has 0 spiro atoms. The molecule has 0 aromatic carbocycles. The second kappa shape index (κ2) is 6.29. The zero-order chi connectivity index (χ0) is 11.1. The van der Waals surface area contributed by atoms with E-state index in [0.29, 0.717) is 5.41 Å². The summed E-state index contributed by atoms with van der Waals surface area (Å²) in [7, 11) is 0. The highest BCUT2D eigenvalue weighted by Gasteiger charge is 2.18. The Labute approximate surface area is 97.9 Å². The molecule has 1 aromatic heterocycles. The van der Waals surface area contributed by atoms with Gasteiger partial charge in [0.25, 0.3) is 0 Å². The van der Waals surface area contributed by atoms with Gasteiger partial charge in [-0.2, -0.15) is 0 Å². The van der Waals surface area contributed by atoms with Crippen LogP contribution in [-0.2, 0) is 6.42 Å². The molecule has 0 fully saturated rings. The third-order valence-corrected chi connectivity index (χ3v) is 3.51. The average molecular weight is 225 g/mol. The maximum atomic E-state index is 3.47. The standard InChI is InChI=1S/C13H23NS/c1-4-8-14-9-7-13(2,3)11-12-6-5-10-15-12/h5-6,10,14H,4,7-9,11H2,1-3H3. The van der Waals surface area contributed by atoms with Crippen LogP contribution in [0.2, 0.25) is 0 Å². The highest BCUT2D eigenvalue weighted by molar-refractivity contribution is 7.09. The van der Waals surface area contributed by atoms with Crippen molar-refractivity contribution in [1.82, 2.24) is 5.32 Å². The first-order valence-electron chi connectivity index (χ1n) is 5.87. The Morgan fingerprint density at radius 3 is 2.73 bits per heavy atom. The summed E-state index contributed by atoms with van der Waals surface area (Å²) in [5, 5.41) is 5.64. The van der Waals surface area contributed by atoms with Crippen molar-refractivity contribution in [2.24, 2.45) is 5.41 Å². The van der Waals surface area contributed by atoms with Crippen LogP contribution in [0.5, 0.6) is 0 Å². The molecule has 0 atom stereocenters. The van der Waals surface area contributed by atoms with E-state index in [1.165, 1.54) is 24.1 Å². The third kappa shape index (κ3) is 5.33. The predicted molar refractivity (Wildman–Crippen MR) is 69.6 cm³/mol. The monoisotopic (exact) mass is 225 g/mol. The molecule has 1 heterocycles. The van der Waals surface area contributed by atoms with E-state index in [-0.39, 0.29) is 0 Å². The van der Waals surface area contributed by atoms with Gasteiger partial charge in [-0.15, -0.1) is 11.3 Å². The van der Waals surface area contributed by atoms with Gasteiger partial charge in [-0.1, -0.05) is 26.8 Å². The molecule has 0 saturated carbocycles. The molecule has 0 aliphatic carbocycles. The van der Waals surface area contributed by atoms with Crippen LogP contribution in [0.15, 0.2) is 17.5 Å². The maximum Gasteiger partial charge on any atom is 0.00505 e. The third-order valence-electron chi connectivity index (χ3n) is 2.64. The summed E-state index contributed by atoms with van der Waals surface area (Å²) in [6.07, 6.45) is 3.69. The van der Waals surface area contributed by atoms with E-state index >= 15 is 0 Å². The molecule has 1 N–H and O–H groups in total. The summed E-state index contributed by atoms with van der Waals surface area (Å²) in [4.78, 5) is 1.51. The Balaban J connectivity index is 2.25. The molecule has 1 aromatic rings. The van der Waals surface area contributed by atoms with E-state index in [0.717, 1.165) is 13.1 Å². The summed E-state index contributed by atoms with van der Waals surface area (Å²) in [5.41, 5.74) is 0.422. The molecule has 0 aliphatic rings. The van der Waals surface area contributed by atoms with Gasteiger partial charge in [0.2, 0.25) is 0 Å². The van der Waals surface area contributed by atoms with Crippen molar-refractivity contribution in [2.45, 2.75) is 40.0 Å². The molecule has 86 valence electrons. The fourth-order valence-electron chi connectivity index (χ4n) is 1.70. The first-order chi connectivity index (χ1) is 7.14. The van der Waals surface area contributed by atoms with Crippen molar-refractivity contribution < 1.29 is 0 Å². The number of hydrogen-bond donors (Lipinski definition) is 1. The lowest BCUT2D eigenvalue weighted by atomic mass is 9.85. The van der Waals surface area contributed by atoms with Gasteiger partial charge in [0.15, 0.2) is 0 Å². The van der Waals surface area contributed by atoms with E-state index < -0.39 is 0 Å². The minimum absolute atomic E-state index is 0.422. The fraction of sp³-hybridized carbons (Fsp3) is 0.692. The summed E-state index contributed by atoms with van der Waals surface area (Å²) >= 11 is 1.87. The quantitative estimate of drug-likeness (QED) is 0.698. The Morgan fingerprint density at radius 2 is 2.13 bits per heavy atom. The zero-order valence-corrected chi connectivity index (χ0v) is 11.0. The Morgan fingerprint density at radius 1 is 1.33 bits per heavy atom. The first-order valence-corrected chi connectivity index (χ1v) is 6.75. The van der Waals surface area contributed by atoms with Crippen LogP contribution in [0.25, 0.3) is 0 Å². The van der Waals surface area contributed by atoms with Gasteiger partial charge < -0.3 is 5.32 Å². The summed E-state index contributed by atoms with van der Waals surface area (Å²) in [5.74, 6) is 0. The summed E-state index contributed by atoms with van der Waals surface area (Å²) in [6, 6.07) is 4.39. The zero-order valence-electron chi connectivity index (χ0n) is 10.2. The van der Waals surface area contributed by atoms with Crippen LogP contribution in [0.1, 0.15) is 38.5 Å². The molecular formula is C13H23NS. The average Bonchev–Trinajstić information content (AvgIpc) is 2.64. The lowest BCUT2D eigenvalue weighted by Crippen LogP contribution is -2.24. The Bertz CT molecular complexity index is 252. The van der Waals surface area contributed by atoms with E-state index in [9.17, 15) is 0 Å². The van der Waals surface area contributed by atoms with E-state index in [1.54, 1.807) is 0 Å². The summed E-state index contributed by atoms with van der Waals surface area (Å²) < 4.78 is 0. The highest BCUT2D eigenvalue weighted by Crippen LogP contribution is 2.27. The Kier molecular flexibility index (Phi) is 5.34. The molecule has 0 bridgehead atoms. The second-order valence-corrected chi connectivity index (χ2v) is 5.95. The van der Waals surface area contributed by atoms with Gasteiger partial charge in [-0.3, -0.25) is 0 Å². The van der Waals surface area contributed by atoms with Crippen molar-refractivity contribution in [3.05, 3.63) is 22.4 Å². The van der Waals surface area contributed by atoms with Crippen LogP contribution in [0.4, 0.5) is 0 Å². The predicted octanol–water partition coefficient (Wildman–Crippen LogP) is 3.71. The van der Waals surface area contributed by atoms with Gasteiger partial charge in [0.05, 0.1) is 0 Å². The number of thiophene rings is 1. The minimum atomic E-state index is 0.422. The Hall–Kier alpha value is -0.340. The molecule has 0 radical (unpaired) electrons. The fourth-order valence-corrected chi connectivity index (χ4v) is 2.66. The largest absolute Gasteiger partial charge is 0.317 e. The van der Waals surface area contributed by atoms with Gasteiger partial charge in [-0.25, -0.2) is 0 Å². The van der Waals surface area contributed by atoms with E-state index in [1.807, 2.05) is 11.3 Å². The number of nitrogens with one attached hydrogen (secondary N) is 1. The smallest absolute Gasteiger partial charge is 0.00505 e. The second-order valence-electron chi connectivity index (χ2n) is 4.92. The maximum absolute atomic E-state index is 3.47. The molecular weight excluding hydrogens is 202 g/mol. The van der Waals surface area contributed by atoms with Crippen molar-refractivity contribution in [2.75, 3.05) is 13.1 Å².